The van der Waals surface area contributed by atoms with Crippen molar-refractivity contribution >= 4 is 21.6 Å². The predicted octanol–water partition coefficient (Wildman–Crippen LogP) is 3.47. The largest absolute Gasteiger partial charge is 0.493 e. The van der Waals surface area contributed by atoms with E-state index in [4.69, 9.17) is 9.47 Å². The van der Waals surface area contributed by atoms with Crippen molar-refractivity contribution in [1.29, 1.82) is 0 Å². The highest BCUT2D eigenvalue weighted by Crippen LogP contribution is 2.29. The first-order valence-electron chi connectivity index (χ1n) is 5.80. The van der Waals surface area contributed by atoms with Crippen LogP contribution in [0.2, 0.25) is 0 Å². The van der Waals surface area contributed by atoms with Gasteiger partial charge in [0.25, 0.3) is 0 Å². The van der Waals surface area contributed by atoms with Crippen LogP contribution in [0.25, 0.3) is 0 Å². The molecule has 0 aliphatic carbocycles. The van der Waals surface area contributed by atoms with Gasteiger partial charge in [-0.3, -0.25) is 4.98 Å². The second kappa shape index (κ2) is 6.43. The van der Waals surface area contributed by atoms with E-state index in [1.54, 1.807) is 26.5 Å². The first kappa shape index (κ1) is 13.7. The van der Waals surface area contributed by atoms with Gasteiger partial charge in [-0.15, -0.1) is 0 Å². The molecule has 0 bridgehead atoms. The zero-order chi connectivity index (χ0) is 13.7. The fourth-order valence-corrected chi connectivity index (χ4v) is 2.16. The second-order valence-electron chi connectivity index (χ2n) is 3.86. The van der Waals surface area contributed by atoms with Crippen molar-refractivity contribution in [2.24, 2.45) is 0 Å². The average Bonchev–Trinajstić information content (AvgIpc) is 2.44. The van der Waals surface area contributed by atoms with E-state index in [1.165, 1.54) is 0 Å². The Kier molecular flexibility index (Phi) is 4.63. The lowest BCUT2D eigenvalue weighted by Crippen LogP contribution is -2.05. The summed E-state index contributed by atoms with van der Waals surface area (Å²) < 4.78 is 11.6. The molecule has 1 heterocycles. The fourth-order valence-electron chi connectivity index (χ4n) is 1.76. The van der Waals surface area contributed by atoms with Crippen molar-refractivity contribution in [2.45, 2.75) is 6.54 Å². The number of benzene rings is 1. The van der Waals surface area contributed by atoms with Crippen LogP contribution in [0.3, 0.4) is 0 Å². The van der Waals surface area contributed by atoms with E-state index >= 15 is 0 Å². The van der Waals surface area contributed by atoms with Crippen molar-refractivity contribution in [3.8, 4) is 11.5 Å². The smallest absolute Gasteiger partial charge is 0.184 e. The van der Waals surface area contributed by atoms with E-state index < -0.39 is 0 Å². The molecule has 0 amide bonds. The molecule has 5 heteroatoms. The van der Waals surface area contributed by atoms with Crippen LogP contribution in [0.4, 0.5) is 5.69 Å². The van der Waals surface area contributed by atoms with Crippen LogP contribution < -0.4 is 14.8 Å². The SMILES string of the molecule is COc1ccnc(CNc2cccc(Br)c2)c1OC. The molecule has 1 N–H and O–H groups in total. The topological polar surface area (TPSA) is 43.4 Å². The first-order chi connectivity index (χ1) is 9.24. The van der Waals surface area contributed by atoms with E-state index in [-0.39, 0.29) is 0 Å². The molecule has 0 saturated heterocycles. The summed E-state index contributed by atoms with van der Waals surface area (Å²) in [6.07, 6.45) is 1.71. The predicted molar refractivity (Wildman–Crippen MR) is 78.8 cm³/mol. The molecular weight excluding hydrogens is 308 g/mol. The minimum atomic E-state index is 0.566. The molecule has 2 aromatic rings. The Morgan fingerprint density at radius 3 is 2.74 bits per heavy atom. The number of nitrogens with one attached hydrogen (secondary N) is 1. The van der Waals surface area contributed by atoms with E-state index in [2.05, 4.69) is 26.2 Å². The number of methoxy groups -OCH3 is 2. The molecule has 4 nitrogen and oxygen atoms in total. The summed E-state index contributed by atoms with van der Waals surface area (Å²) in [4.78, 5) is 4.32. The number of pyridine rings is 1. The zero-order valence-corrected chi connectivity index (χ0v) is 12.4. The van der Waals surface area contributed by atoms with Gasteiger partial charge in [0, 0.05) is 22.4 Å². The fraction of sp³-hybridized carbons (Fsp3) is 0.214. The van der Waals surface area contributed by atoms with Crippen LogP contribution in [0.1, 0.15) is 5.69 Å². The minimum Gasteiger partial charge on any atom is -0.493 e. The van der Waals surface area contributed by atoms with E-state index in [9.17, 15) is 0 Å². The molecule has 0 aliphatic rings. The number of hydrogen-bond donors (Lipinski definition) is 1. The monoisotopic (exact) mass is 322 g/mol. The number of nitrogens with zero attached hydrogens (tertiary/aromatic N) is 1. The number of halogens is 1. The molecule has 1 aromatic carbocycles. The highest BCUT2D eigenvalue weighted by Gasteiger charge is 2.10. The number of rotatable bonds is 5. The normalized spacial score (nSPS) is 10.1. The molecule has 1 aromatic heterocycles. The molecule has 100 valence electrons. The highest BCUT2D eigenvalue weighted by molar-refractivity contribution is 9.10. The van der Waals surface area contributed by atoms with Gasteiger partial charge in [0.2, 0.25) is 0 Å². The quantitative estimate of drug-likeness (QED) is 0.915. The summed E-state index contributed by atoms with van der Waals surface area (Å²) >= 11 is 3.44. The van der Waals surface area contributed by atoms with E-state index in [0.29, 0.717) is 18.0 Å². The van der Waals surface area contributed by atoms with Crippen LogP contribution in [-0.2, 0) is 6.54 Å². The number of anilines is 1. The molecule has 0 spiro atoms. The third-order valence-corrected chi connectivity index (χ3v) is 3.14. The molecule has 0 radical (unpaired) electrons. The number of aromatic nitrogens is 1. The Morgan fingerprint density at radius 2 is 2.05 bits per heavy atom. The van der Waals surface area contributed by atoms with Gasteiger partial charge in [-0.1, -0.05) is 22.0 Å². The molecular formula is C14H15BrN2O2. The van der Waals surface area contributed by atoms with Gasteiger partial charge in [0.05, 0.1) is 20.8 Å². The van der Waals surface area contributed by atoms with Gasteiger partial charge >= 0.3 is 0 Å². The average molecular weight is 323 g/mol. The highest BCUT2D eigenvalue weighted by atomic mass is 79.9. The summed E-state index contributed by atoms with van der Waals surface area (Å²) in [6.45, 7) is 0.566. The van der Waals surface area contributed by atoms with Gasteiger partial charge in [0.15, 0.2) is 11.5 Å². The number of hydrogen-bond acceptors (Lipinski definition) is 4. The van der Waals surface area contributed by atoms with Crippen molar-refractivity contribution < 1.29 is 9.47 Å². The van der Waals surface area contributed by atoms with Crippen molar-refractivity contribution in [1.82, 2.24) is 4.98 Å². The lowest BCUT2D eigenvalue weighted by molar-refractivity contribution is 0.350. The maximum atomic E-state index is 5.34. The van der Waals surface area contributed by atoms with Gasteiger partial charge in [-0.05, 0) is 18.2 Å². The van der Waals surface area contributed by atoms with Crippen molar-refractivity contribution in [3.63, 3.8) is 0 Å². The summed E-state index contributed by atoms with van der Waals surface area (Å²) in [7, 11) is 3.23. The van der Waals surface area contributed by atoms with Gasteiger partial charge in [-0.2, -0.15) is 0 Å². The molecule has 0 aliphatic heterocycles. The molecule has 19 heavy (non-hydrogen) atoms. The maximum absolute atomic E-state index is 5.34. The second-order valence-corrected chi connectivity index (χ2v) is 4.77. The Morgan fingerprint density at radius 1 is 1.21 bits per heavy atom. The summed E-state index contributed by atoms with van der Waals surface area (Å²) in [5.74, 6) is 1.34. The first-order valence-corrected chi connectivity index (χ1v) is 6.59. The van der Waals surface area contributed by atoms with Crippen LogP contribution in [0, 0.1) is 0 Å². The van der Waals surface area contributed by atoms with E-state index in [1.807, 2.05) is 24.3 Å². The van der Waals surface area contributed by atoms with Crippen LogP contribution in [0.15, 0.2) is 41.0 Å². The van der Waals surface area contributed by atoms with E-state index in [0.717, 1.165) is 15.9 Å². The lowest BCUT2D eigenvalue weighted by atomic mass is 10.2. The summed E-state index contributed by atoms with van der Waals surface area (Å²) in [6, 6.07) is 9.74. The third kappa shape index (κ3) is 3.38. The van der Waals surface area contributed by atoms with Crippen LogP contribution in [-0.4, -0.2) is 19.2 Å². The van der Waals surface area contributed by atoms with Gasteiger partial charge in [-0.25, -0.2) is 0 Å². The van der Waals surface area contributed by atoms with Crippen LogP contribution in [0.5, 0.6) is 11.5 Å². The summed E-state index contributed by atoms with van der Waals surface area (Å²) in [5.41, 5.74) is 1.82. The Bertz CT molecular complexity index is 561. The lowest BCUT2D eigenvalue weighted by Gasteiger charge is -2.12. The Hall–Kier alpha value is -1.75. The molecule has 0 fully saturated rings. The molecule has 0 saturated carbocycles. The van der Waals surface area contributed by atoms with Crippen molar-refractivity contribution in [2.75, 3.05) is 19.5 Å². The zero-order valence-electron chi connectivity index (χ0n) is 10.8. The Labute approximate surface area is 120 Å². The van der Waals surface area contributed by atoms with Crippen molar-refractivity contribution in [3.05, 3.63) is 46.7 Å². The molecule has 0 unspecified atom stereocenters. The minimum absolute atomic E-state index is 0.566. The standard InChI is InChI=1S/C14H15BrN2O2/c1-18-13-6-7-16-12(14(13)19-2)9-17-11-5-3-4-10(15)8-11/h3-8,17H,9H2,1-2H3. The Balaban J connectivity index is 2.15. The molecule has 2 rings (SSSR count). The van der Waals surface area contributed by atoms with Crippen LogP contribution >= 0.6 is 15.9 Å². The molecule has 0 atom stereocenters. The summed E-state index contributed by atoms with van der Waals surface area (Å²) in [5, 5.41) is 3.30. The third-order valence-electron chi connectivity index (χ3n) is 2.65. The maximum Gasteiger partial charge on any atom is 0.184 e. The van der Waals surface area contributed by atoms with Gasteiger partial charge in [0.1, 0.15) is 5.69 Å². The van der Waals surface area contributed by atoms with Gasteiger partial charge < -0.3 is 14.8 Å². The number of ether oxygens (including phenoxy) is 2.